The lowest BCUT2D eigenvalue weighted by atomic mass is 10.1. The predicted molar refractivity (Wildman–Crippen MR) is 94.7 cm³/mol. The average Bonchev–Trinajstić information content (AvgIpc) is 2.95. The molecule has 0 aliphatic rings. The van der Waals surface area contributed by atoms with Crippen molar-refractivity contribution in [1.82, 2.24) is 9.97 Å². The second-order valence-electron chi connectivity index (χ2n) is 6.71. The molecule has 0 aliphatic heterocycles. The molecule has 0 unspecified atom stereocenters. The maximum atomic E-state index is 12.6. The molecule has 0 saturated carbocycles. The number of ether oxygens (including phenoxy) is 1. The molecule has 1 atom stereocenters. The van der Waals surface area contributed by atoms with Gasteiger partial charge in [0.05, 0.1) is 33.1 Å². The number of benzene rings is 1. The maximum absolute atomic E-state index is 12.6. The number of likely N-dealkylation sites (N-methyl/N-ethyl adjacent to an activating group) is 1. The number of quaternary nitrogens is 1. The van der Waals surface area contributed by atoms with Gasteiger partial charge in [0.25, 0.3) is 0 Å². The van der Waals surface area contributed by atoms with Gasteiger partial charge in [-0.3, -0.25) is 0 Å². The van der Waals surface area contributed by atoms with Crippen molar-refractivity contribution >= 4 is 24.2 Å². The number of aromatic nitrogens is 2. The van der Waals surface area contributed by atoms with Crippen molar-refractivity contribution < 1.29 is 36.3 Å². The minimum absolute atomic E-state index is 0. The Balaban J connectivity index is 0.00000338. The van der Waals surface area contributed by atoms with E-state index in [0.717, 1.165) is 11.3 Å². The molecule has 1 aromatic heterocycles. The summed E-state index contributed by atoms with van der Waals surface area (Å²) in [4.78, 5) is 29.3. The molecular weight excluding hydrogens is 378 g/mol. The molecule has 0 radical (unpaired) electrons. The van der Waals surface area contributed by atoms with Crippen LogP contribution in [0.2, 0.25) is 0 Å². The molecule has 1 aromatic carbocycles. The van der Waals surface area contributed by atoms with Crippen LogP contribution in [0.4, 0.5) is 0 Å². The average molecular weight is 400 g/mol. The van der Waals surface area contributed by atoms with Gasteiger partial charge in [-0.15, -0.1) is 0 Å². The van der Waals surface area contributed by atoms with E-state index in [2.05, 4.69) is 9.97 Å². The van der Waals surface area contributed by atoms with Crippen LogP contribution < -0.4 is 12.4 Å². The van der Waals surface area contributed by atoms with Gasteiger partial charge in [0, 0.05) is 11.9 Å². The van der Waals surface area contributed by atoms with Crippen LogP contribution in [0.25, 0.3) is 0 Å². The molecule has 2 rings (SSSR count). The first-order valence-electron chi connectivity index (χ1n) is 7.73. The number of halogens is 1. The zero-order valence-corrected chi connectivity index (χ0v) is 16.4. The molecule has 3 N–H and O–H groups in total. The van der Waals surface area contributed by atoms with Gasteiger partial charge in [0.2, 0.25) is 0 Å². The topological polar surface area (TPSA) is 95.2 Å². The molecule has 0 saturated heterocycles. The van der Waals surface area contributed by atoms with E-state index in [1.54, 1.807) is 18.3 Å². The Bertz CT molecular complexity index is 808. The number of carboxylic acid groups (broad SMARTS) is 1. The summed E-state index contributed by atoms with van der Waals surface area (Å²) in [5.41, 5.74) is 1.77. The summed E-state index contributed by atoms with van der Waals surface area (Å²) < 4.78 is 6.37. The summed E-state index contributed by atoms with van der Waals surface area (Å²) in [6, 6.07) is 5.85. The zero-order chi connectivity index (χ0) is 18.6. The molecule has 2 aromatic rings. The molecule has 26 heavy (non-hydrogen) atoms. The summed E-state index contributed by atoms with van der Waals surface area (Å²) in [5.74, 6) is -1.31. The molecule has 9 heteroatoms. The standard InChI is InChI=1S/C17H21N3O4S.ClH/c1-20(2,3)14(8-13-9-18-17(25)19-13)16(23)24-10-11-4-6-12(7-5-11)15(21)22;/h4-7,9,14H,8,10H2,1-3H3,(H2-,18,19,21,22,25);1H/t14-;/m0./s1. The van der Waals surface area contributed by atoms with Crippen molar-refractivity contribution in [1.29, 1.82) is 0 Å². The quantitative estimate of drug-likeness (QED) is 0.320. The molecule has 0 bridgehead atoms. The lowest BCUT2D eigenvalue weighted by Crippen LogP contribution is -3.00. The molecular formula is C17H22ClN3O4S. The number of aromatic carboxylic acids is 1. The first kappa shape index (κ1) is 21.9. The van der Waals surface area contributed by atoms with Crippen molar-refractivity contribution in [3.05, 3.63) is 52.1 Å². The van der Waals surface area contributed by atoms with Gasteiger partial charge < -0.3 is 36.7 Å². The van der Waals surface area contributed by atoms with Crippen LogP contribution in [0.1, 0.15) is 21.6 Å². The number of hydrogen-bond acceptors (Lipinski definition) is 4. The lowest BCUT2D eigenvalue weighted by molar-refractivity contribution is -0.887. The number of carbonyl (C=O) groups is 2. The summed E-state index contributed by atoms with van der Waals surface area (Å²) in [6.45, 7) is 0.0956. The van der Waals surface area contributed by atoms with Gasteiger partial charge in [-0.05, 0) is 29.9 Å². The molecule has 0 fully saturated rings. The Morgan fingerprint density at radius 1 is 1.23 bits per heavy atom. The third kappa shape index (κ3) is 5.98. The fourth-order valence-corrected chi connectivity index (χ4v) is 2.55. The molecule has 0 spiro atoms. The minimum Gasteiger partial charge on any atom is -1.00 e. The highest BCUT2D eigenvalue weighted by Crippen LogP contribution is 2.13. The summed E-state index contributed by atoms with van der Waals surface area (Å²) in [6.07, 6.45) is 2.22. The number of imidazole rings is 1. The maximum Gasteiger partial charge on any atom is 0.365 e. The van der Waals surface area contributed by atoms with Crippen molar-refractivity contribution in [3.63, 3.8) is 0 Å². The van der Waals surface area contributed by atoms with Crippen molar-refractivity contribution in [2.24, 2.45) is 0 Å². The Kier molecular flexibility index (Phi) is 7.55. The molecule has 0 amide bonds. The van der Waals surface area contributed by atoms with Gasteiger partial charge in [-0.2, -0.15) is 0 Å². The minimum atomic E-state index is -0.988. The predicted octanol–water partition coefficient (Wildman–Crippen LogP) is -0.865. The molecule has 1 heterocycles. The third-order valence-corrected chi connectivity index (χ3v) is 4.07. The van der Waals surface area contributed by atoms with Gasteiger partial charge in [-0.1, -0.05) is 12.1 Å². The number of hydrogen-bond donors (Lipinski definition) is 3. The number of nitrogens with one attached hydrogen (secondary N) is 2. The number of nitrogens with zero attached hydrogens (tertiary/aromatic N) is 1. The Morgan fingerprint density at radius 3 is 2.31 bits per heavy atom. The second kappa shape index (κ2) is 8.98. The largest absolute Gasteiger partial charge is 1.00 e. The van der Waals surface area contributed by atoms with E-state index in [1.807, 2.05) is 21.1 Å². The van der Waals surface area contributed by atoms with Crippen LogP contribution in [0.3, 0.4) is 0 Å². The highest BCUT2D eigenvalue weighted by atomic mass is 35.5. The monoisotopic (exact) mass is 399 g/mol. The zero-order valence-electron chi connectivity index (χ0n) is 14.8. The number of H-pyrrole nitrogens is 2. The number of carboxylic acids is 1. The lowest BCUT2D eigenvalue weighted by Gasteiger charge is -2.32. The number of esters is 1. The van der Waals surface area contributed by atoms with Crippen LogP contribution in [0.5, 0.6) is 0 Å². The van der Waals surface area contributed by atoms with Crippen molar-refractivity contribution in [2.75, 3.05) is 21.1 Å². The van der Waals surface area contributed by atoms with E-state index >= 15 is 0 Å². The number of carbonyl (C=O) groups excluding carboxylic acids is 1. The van der Waals surface area contributed by atoms with Crippen LogP contribution in [0, 0.1) is 4.77 Å². The molecule has 7 nitrogen and oxygen atoms in total. The van der Waals surface area contributed by atoms with Gasteiger partial charge in [0.1, 0.15) is 6.61 Å². The fourth-order valence-electron chi connectivity index (χ4n) is 2.36. The fraction of sp³-hybridized carbons (Fsp3) is 0.353. The van der Waals surface area contributed by atoms with E-state index in [-0.39, 0.29) is 30.5 Å². The van der Waals surface area contributed by atoms with Crippen LogP contribution >= 0.6 is 12.2 Å². The van der Waals surface area contributed by atoms with E-state index in [9.17, 15) is 9.59 Å². The van der Waals surface area contributed by atoms with Gasteiger partial charge >= 0.3 is 11.9 Å². The van der Waals surface area contributed by atoms with Crippen molar-refractivity contribution in [2.45, 2.75) is 19.1 Å². The van der Waals surface area contributed by atoms with Crippen molar-refractivity contribution in [3.8, 4) is 0 Å². The highest BCUT2D eigenvalue weighted by molar-refractivity contribution is 7.71. The third-order valence-electron chi connectivity index (χ3n) is 3.85. The van der Waals surface area contributed by atoms with Crippen LogP contribution in [0.15, 0.2) is 30.5 Å². The van der Waals surface area contributed by atoms with E-state index in [4.69, 9.17) is 22.1 Å². The van der Waals surface area contributed by atoms with Crippen LogP contribution in [-0.4, -0.2) is 58.7 Å². The highest BCUT2D eigenvalue weighted by Gasteiger charge is 2.33. The van der Waals surface area contributed by atoms with E-state index < -0.39 is 12.0 Å². The first-order chi connectivity index (χ1) is 11.7. The summed E-state index contributed by atoms with van der Waals surface area (Å²) >= 11 is 5.01. The Morgan fingerprint density at radius 2 is 1.85 bits per heavy atom. The van der Waals surface area contributed by atoms with Gasteiger partial charge in [-0.25, -0.2) is 9.59 Å². The Labute approximate surface area is 163 Å². The summed E-state index contributed by atoms with van der Waals surface area (Å²) in [5, 5.41) is 8.90. The SMILES string of the molecule is C[N+](C)(C)[C@@H](Cc1c[nH]c(=S)[nH]1)C(=O)OCc1ccc(C(=O)O)cc1.[Cl-]. The smallest absolute Gasteiger partial charge is 0.365 e. The molecule has 0 aliphatic carbocycles. The van der Waals surface area contributed by atoms with Gasteiger partial charge in [0.15, 0.2) is 10.8 Å². The molecule has 142 valence electrons. The van der Waals surface area contributed by atoms with E-state index in [1.165, 1.54) is 12.1 Å². The normalized spacial score (nSPS) is 12.1. The number of rotatable bonds is 7. The van der Waals surface area contributed by atoms with E-state index in [0.29, 0.717) is 15.7 Å². The first-order valence-corrected chi connectivity index (χ1v) is 8.14. The summed E-state index contributed by atoms with van der Waals surface area (Å²) in [7, 11) is 5.78. The Hall–Kier alpha value is -2.16. The second-order valence-corrected chi connectivity index (χ2v) is 7.12. The number of aromatic amines is 2. The van der Waals surface area contributed by atoms with Crippen LogP contribution in [-0.2, 0) is 22.6 Å².